The van der Waals surface area contributed by atoms with E-state index in [1.165, 1.54) is 23.5 Å². The fourth-order valence-corrected chi connectivity index (χ4v) is 2.85. The van der Waals surface area contributed by atoms with E-state index in [9.17, 15) is 17.6 Å². The number of hydrazine groups is 2. The second kappa shape index (κ2) is 8.99. The Labute approximate surface area is 165 Å². The molecular weight excluding hydrogens is 392 g/mol. The number of benzene rings is 1. The third kappa shape index (κ3) is 5.08. The van der Waals surface area contributed by atoms with Crippen molar-refractivity contribution in [2.45, 2.75) is 26.5 Å². The average Bonchev–Trinajstić information content (AvgIpc) is 3.04. The maximum atomic E-state index is 12.9. The van der Waals surface area contributed by atoms with Gasteiger partial charge in [-0.05, 0) is 36.2 Å². The number of alkyl halides is 4. The molecule has 29 heavy (non-hydrogen) atoms. The van der Waals surface area contributed by atoms with E-state index in [0.717, 1.165) is 0 Å². The molecule has 0 spiro atoms. The van der Waals surface area contributed by atoms with Crippen LogP contribution >= 0.6 is 0 Å². The zero-order chi connectivity index (χ0) is 21.0. The van der Waals surface area contributed by atoms with Gasteiger partial charge in [0.2, 0.25) is 5.88 Å². The largest absolute Gasteiger partial charge is 0.478 e. The minimum Gasteiger partial charge on any atom is -0.478 e. The highest BCUT2D eigenvalue weighted by Crippen LogP contribution is 2.32. The number of hydrogen-bond donors (Lipinski definition) is 1. The molecule has 2 aromatic rings. The van der Waals surface area contributed by atoms with Crippen LogP contribution in [-0.4, -0.2) is 41.8 Å². The Kier molecular flexibility index (Phi) is 6.42. The molecule has 3 rings (SSSR count). The number of halogens is 4. The summed E-state index contributed by atoms with van der Waals surface area (Å²) in [5.41, 5.74) is 4.23. The molecule has 0 saturated heterocycles. The first-order chi connectivity index (χ1) is 13.9. The quantitative estimate of drug-likeness (QED) is 0.661. The Morgan fingerprint density at radius 2 is 1.97 bits per heavy atom. The summed E-state index contributed by atoms with van der Waals surface area (Å²) in [6.07, 6.45) is 0.280. The normalized spacial score (nSPS) is 14.3. The van der Waals surface area contributed by atoms with Gasteiger partial charge in [0.05, 0.1) is 13.2 Å². The van der Waals surface area contributed by atoms with Crippen LogP contribution in [0.15, 0.2) is 48.4 Å². The van der Waals surface area contributed by atoms with E-state index in [4.69, 9.17) is 4.74 Å². The topological polar surface area (TPSA) is 49.9 Å². The van der Waals surface area contributed by atoms with Crippen LogP contribution in [0.2, 0.25) is 0 Å². The van der Waals surface area contributed by atoms with E-state index in [1.54, 1.807) is 43.4 Å². The van der Waals surface area contributed by atoms with Crippen LogP contribution in [0, 0.1) is 0 Å². The van der Waals surface area contributed by atoms with Gasteiger partial charge in [-0.15, -0.1) is 5.12 Å². The third-order valence-electron chi connectivity index (χ3n) is 4.10. The summed E-state index contributed by atoms with van der Waals surface area (Å²) in [4.78, 5) is 4.31. The van der Waals surface area contributed by atoms with Crippen molar-refractivity contribution in [1.29, 1.82) is 0 Å². The molecule has 10 heteroatoms. The fraction of sp³-hybridized carbons (Fsp3) is 0.316. The summed E-state index contributed by atoms with van der Waals surface area (Å²) >= 11 is 0. The zero-order valence-electron chi connectivity index (χ0n) is 15.8. The summed E-state index contributed by atoms with van der Waals surface area (Å²) in [5, 5.41) is 3.01. The molecule has 0 radical (unpaired) electrons. The highest BCUT2D eigenvalue weighted by molar-refractivity contribution is 5.70. The van der Waals surface area contributed by atoms with Crippen molar-refractivity contribution in [2.75, 3.05) is 13.7 Å². The van der Waals surface area contributed by atoms with Crippen LogP contribution in [0.25, 0.3) is 11.1 Å². The van der Waals surface area contributed by atoms with E-state index < -0.39 is 13.0 Å². The second-order valence-corrected chi connectivity index (χ2v) is 6.15. The molecule has 156 valence electrons. The predicted molar refractivity (Wildman–Crippen MR) is 98.0 cm³/mol. The lowest BCUT2D eigenvalue weighted by Crippen LogP contribution is -2.39. The SMILES string of the molecule is CCOc1ncc(CN2C=C(C(F)F)NN2C)cc1-c1cccc(OC(F)F)c1. The molecule has 1 aromatic heterocycles. The van der Waals surface area contributed by atoms with Crippen LogP contribution in [0.1, 0.15) is 12.5 Å². The van der Waals surface area contributed by atoms with Crippen molar-refractivity contribution in [3.63, 3.8) is 0 Å². The second-order valence-electron chi connectivity index (χ2n) is 6.15. The van der Waals surface area contributed by atoms with Gasteiger partial charge in [-0.3, -0.25) is 10.4 Å². The van der Waals surface area contributed by atoms with Crippen LogP contribution in [0.5, 0.6) is 11.6 Å². The van der Waals surface area contributed by atoms with Gasteiger partial charge >= 0.3 is 6.61 Å². The van der Waals surface area contributed by atoms with E-state index >= 15 is 0 Å². The molecule has 0 aliphatic carbocycles. The Bertz CT molecular complexity index is 879. The zero-order valence-corrected chi connectivity index (χ0v) is 15.8. The first kappa shape index (κ1) is 20.7. The Morgan fingerprint density at radius 1 is 1.17 bits per heavy atom. The minimum absolute atomic E-state index is 0.0123. The van der Waals surface area contributed by atoms with Gasteiger partial charge in [0.1, 0.15) is 11.4 Å². The van der Waals surface area contributed by atoms with E-state index in [1.807, 2.05) is 0 Å². The van der Waals surface area contributed by atoms with Crippen LogP contribution in [0.3, 0.4) is 0 Å². The summed E-state index contributed by atoms with van der Waals surface area (Å²) in [6.45, 7) is -0.502. The highest BCUT2D eigenvalue weighted by Gasteiger charge is 2.24. The number of nitrogens with zero attached hydrogens (tertiary/aromatic N) is 3. The molecule has 0 fully saturated rings. The molecule has 0 atom stereocenters. The van der Waals surface area contributed by atoms with Crippen LogP contribution in [-0.2, 0) is 6.54 Å². The lowest BCUT2D eigenvalue weighted by molar-refractivity contribution is -0.0498. The number of pyridine rings is 1. The molecule has 2 heterocycles. The number of allylic oxidation sites excluding steroid dienone is 1. The van der Waals surface area contributed by atoms with Gasteiger partial charge in [0.15, 0.2) is 0 Å². The van der Waals surface area contributed by atoms with Crippen molar-refractivity contribution in [2.24, 2.45) is 0 Å². The van der Waals surface area contributed by atoms with Gasteiger partial charge in [-0.2, -0.15) is 8.78 Å². The first-order valence-electron chi connectivity index (χ1n) is 8.81. The molecule has 0 bridgehead atoms. The fourth-order valence-electron chi connectivity index (χ4n) is 2.85. The first-order valence-corrected chi connectivity index (χ1v) is 8.81. The molecule has 1 N–H and O–H groups in total. The standard InChI is InChI=1S/C19H20F4N4O2/c1-3-28-18-15(13-5-4-6-14(8-13)29-19(22)23)7-12(9-24-18)10-27-11-16(17(20)21)25-26(27)2/h4-9,11,17,19,25H,3,10H2,1-2H3. The Balaban J connectivity index is 1.91. The van der Waals surface area contributed by atoms with E-state index in [2.05, 4.69) is 15.1 Å². The van der Waals surface area contributed by atoms with Gasteiger partial charge in [0, 0.05) is 25.0 Å². The molecule has 1 aliphatic rings. The molecule has 1 aromatic carbocycles. The van der Waals surface area contributed by atoms with Crippen molar-refractivity contribution in [3.05, 3.63) is 54.0 Å². The maximum absolute atomic E-state index is 12.9. The van der Waals surface area contributed by atoms with Gasteiger partial charge in [0.25, 0.3) is 6.43 Å². The monoisotopic (exact) mass is 412 g/mol. The van der Waals surface area contributed by atoms with Gasteiger partial charge in [-0.25, -0.2) is 13.8 Å². The number of hydrogen-bond acceptors (Lipinski definition) is 6. The van der Waals surface area contributed by atoms with Crippen molar-refractivity contribution in [1.82, 2.24) is 20.5 Å². The van der Waals surface area contributed by atoms with Crippen molar-refractivity contribution < 1.29 is 27.0 Å². The smallest absolute Gasteiger partial charge is 0.387 e. The molecule has 1 aliphatic heterocycles. The molecule has 6 nitrogen and oxygen atoms in total. The Hall–Kier alpha value is -3.01. The lowest BCUT2D eigenvalue weighted by Gasteiger charge is -2.25. The van der Waals surface area contributed by atoms with Gasteiger partial charge in [-0.1, -0.05) is 12.1 Å². The molecular formula is C19H20F4N4O2. The summed E-state index contributed by atoms with van der Waals surface area (Å²) in [5.74, 6) is 0.348. The molecule has 0 saturated carbocycles. The molecule has 0 amide bonds. The summed E-state index contributed by atoms with van der Waals surface area (Å²) in [7, 11) is 1.61. The average molecular weight is 412 g/mol. The van der Waals surface area contributed by atoms with Crippen molar-refractivity contribution in [3.8, 4) is 22.8 Å². The van der Waals surface area contributed by atoms with Gasteiger partial charge < -0.3 is 9.47 Å². The van der Waals surface area contributed by atoms with Crippen LogP contribution < -0.4 is 14.9 Å². The van der Waals surface area contributed by atoms with E-state index in [-0.39, 0.29) is 18.0 Å². The lowest BCUT2D eigenvalue weighted by atomic mass is 10.0. The minimum atomic E-state index is -2.94. The number of nitrogens with one attached hydrogen (secondary N) is 1. The maximum Gasteiger partial charge on any atom is 0.387 e. The summed E-state index contributed by atoms with van der Waals surface area (Å²) in [6, 6.07) is 7.98. The highest BCUT2D eigenvalue weighted by atomic mass is 19.3. The molecule has 0 unspecified atom stereocenters. The third-order valence-corrected chi connectivity index (χ3v) is 4.10. The van der Waals surface area contributed by atoms with E-state index in [0.29, 0.717) is 29.2 Å². The van der Waals surface area contributed by atoms with Crippen molar-refractivity contribution >= 4 is 0 Å². The number of aromatic nitrogens is 1. The van der Waals surface area contributed by atoms with Crippen LogP contribution in [0.4, 0.5) is 17.6 Å². The predicted octanol–water partition coefficient (Wildman–Crippen LogP) is 4.02. The number of rotatable bonds is 8. The summed E-state index contributed by atoms with van der Waals surface area (Å²) < 4.78 is 60.9. The number of ether oxygens (including phenoxy) is 2. The Morgan fingerprint density at radius 3 is 2.62 bits per heavy atom.